The highest BCUT2D eigenvalue weighted by atomic mass is 35.5. The van der Waals surface area contributed by atoms with Crippen LogP contribution in [0.25, 0.3) is 0 Å². The number of hydrogen-bond donors (Lipinski definition) is 0. The predicted octanol–water partition coefficient (Wildman–Crippen LogP) is 3.78. The lowest BCUT2D eigenvalue weighted by Gasteiger charge is -2.45. The third kappa shape index (κ3) is 2.86. The van der Waals surface area contributed by atoms with E-state index in [1.807, 2.05) is 42.5 Å². The molecule has 0 saturated carbocycles. The molecule has 0 bridgehead atoms. The summed E-state index contributed by atoms with van der Waals surface area (Å²) in [6.45, 7) is 2.40. The molecule has 124 valence electrons. The van der Waals surface area contributed by atoms with Crippen molar-refractivity contribution in [3.63, 3.8) is 0 Å². The first-order valence-electron chi connectivity index (χ1n) is 7.98. The Hall–Kier alpha value is -2.08. The molecule has 0 N–H and O–H groups in total. The number of benzene rings is 2. The standard InChI is InChI=1S/C18H18ClN3O2/c1-22(23)10-8-21(9-11-22)18-14-12-13(19)6-7-16(14)24-17-5-3-2-4-15(17)20-18/h2-7,12H,8-11H2,1H3. The van der Waals surface area contributed by atoms with Gasteiger partial charge in [-0.15, -0.1) is 0 Å². The number of ether oxygens (including phenoxy) is 1. The van der Waals surface area contributed by atoms with E-state index in [1.54, 1.807) is 7.05 Å². The summed E-state index contributed by atoms with van der Waals surface area (Å²) in [6, 6.07) is 13.3. The Morgan fingerprint density at radius 3 is 2.67 bits per heavy atom. The summed E-state index contributed by atoms with van der Waals surface area (Å²) < 4.78 is 5.84. The van der Waals surface area contributed by atoms with Gasteiger partial charge in [0.2, 0.25) is 0 Å². The minimum Gasteiger partial charge on any atom is -0.633 e. The van der Waals surface area contributed by atoms with Gasteiger partial charge in [-0.25, -0.2) is 4.99 Å². The molecule has 2 aromatic rings. The lowest BCUT2D eigenvalue weighted by molar-refractivity contribution is -0.864. The highest BCUT2D eigenvalue weighted by Crippen LogP contribution is 2.39. The van der Waals surface area contributed by atoms with Crippen molar-refractivity contribution < 1.29 is 9.38 Å². The van der Waals surface area contributed by atoms with Gasteiger partial charge >= 0.3 is 0 Å². The number of fused-ring (bicyclic) bond motifs is 2. The van der Waals surface area contributed by atoms with Crippen molar-refractivity contribution in [2.45, 2.75) is 0 Å². The van der Waals surface area contributed by atoms with Gasteiger partial charge in [0.15, 0.2) is 5.75 Å². The molecule has 6 heteroatoms. The molecule has 0 spiro atoms. The average molecular weight is 344 g/mol. The van der Waals surface area contributed by atoms with Crippen LogP contribution in [0.15, 0.2) is 47.5 Å². The van der Waals surface area contributed by atoms with E-state index in [0.29, 0.717) is 31.2 Å². The Morgan fingerprint density at radius 1 is 1.12 bits per heavy atom. The molecule has 4 rings (SSSR count). The summed E-state index contributed by atoms with van der Waals surface area (Å²) >= 11 is 6.21. The lowest BCUT2D eigenvalue weighted by Crippen LogP contribution is -2.55. The minimum absolute atomic E-state index is 0.209. The Balaban J connectivity index is 1.81. The number of piperazine rings is 1. The van der Waals surface area contributed by atoms with Crippen LogP contribution >= 0.6 is 11.6 Å². The van der Waals surface area contributed by atoms with E-state index in [0.717, 1.165) is 28.6 Å². The molecule has 0 radical (unpaired) electrons. The van der Waals surface area contributed by atoms with Crippen LogP contribution in [0.2, 0.25) is 5.02 Å². The fraction of sp³-hybridized carbons (Fsp3) is 0.278. The molecule has 2 aliphatic rings. The maximum Gasteiger partial charge on any atom is 0.153 e. The molecule has 0 amide bonds. The van der Waals surface area contributed by atoms with E-state index in [-0.39, 0.29) is 4.65 Å². The molecule has 1 saturated heterocycles. The van der Waals surface area contributed by atoms with Crippen LogP contribution in [-0.2, 0) is 0 Å². The highest BCUT2D eigenvalue weighted by Gasteiger charge is 2.28. The Bertz CT molecular complexity index is 810. The first-order chi connectivity index (χ1) is 11.5. The number of halogens is 1. The summed E-state index contributed by atoms with van der Waals surface area (Å²) in [5.41, 5.74) is 1.64. The number of likely N-dealkylation sites (N-methyl/N-ethyl adjacent to an activating group) is 1. The van der Waals surface area contributed by atoms with Crippen molar-refractivity contribution in [2.24, 2.45) is 4.99 Å². The van der Waals surface area contributed by atoms with Crippen molar-refractivity contribution in [3.05, 3.63) is 58.3 Å². The van der Waals surface area contributed by atoms with Crippen LogP contribution in [-0.4, -0.2) is 48.6 Å². The van der Waals surface area contributed by atoms with Crippen LogP contribution in [0, 0.1) is 5.21 Å². The second-order valence-corrected chi connectivity index (χ2v) is 6.81. The maximum absolute atomic E-state index is 12.1. The summed E-state index contributed by atoms with van der Waals surface area (Å²) in [7, 11) is 1.72. The number of hydrogen-bond acceptors (Lipinski definition) is 4. The molecular formula is C18H18ClN3O2. The number of nitrogens with zero attached hydrogens (tertiary/aromatic N) is 3. The van der Waals surface area contributed by atoms with Crippen molar-refractivity contribution >= 4 is 23.1 Å². The molecular weight excluding hydrogens is 326 g/mol. The van der Waals surface area contributed by atoms with E-state index in [1.165, 1.54) is 0 Å². The van der Waals surface area contributed by atoms with Crippen LogP contribution < -0.4 is 4.74 Å². The number of rotatable bonds is 0. The van der Waals surface area contributed by atoms with E-state index in [9.17, 15) is 5.21 Å². The van der Waals surface area contributed by atoms with Crippen LogP contribution in [0.1, 0.15) is 5.56 Å². The van der Waals surface area contributed by atoms with Crippen molar-refractivity contribution in [1.29, 1.82) is 0 Å². The van der Waals surface area contributed by atoms with Crippen LogP contribution in [0.5, 0.6) is 11.5 Å². The second kappa shape index (κ2) is 5.77. The molecule has 2 heterocycles. The van der Waals surface area contributed by atoms with Gasteiger partial charge in [-0.2, -0.15) is 0 Å². The third-order valence-electron chi connectivity index (χ3n) is 4.48. The monoisotopic (exact) mass is 343 g/mol. The molecule has 24 heavy (non-hydrogen) atoms. The number of para-hydroxylation sites is 2. The molecule has 2 aromatic carbocycles. The fourth-order valence-corrected chi connectivity index (χ4v) is 3.21. The van der Waals surface area contributed by atoms with E-state index < -0.39 is 0 Å². The SMILES string of the molecule is C[N+]1([O-])CCN(C2=Nc3ccccc3Oc3ccc(Cl)cc32)CC1. The minimum atomic E-state index is -0.209. The van der Waals surface area contributed by atoms with Gasteiger partial charge in [0.25, 0.3) is 0 Å². The van der Waals surface area contributed by atoms with Gasteiger partial charge in [0.1, 0.15) is 17.3 Å². The second-order valence-electron chi connectivity index (χ2n) is 6.38. The Morgan fingerprint density at radius 2 is 1.88 bits per heavy atom. The zero-order chi connectivity index (χ0) is 16.7. The molecule has 0 unspecified atom stereocenters. The average Bonchev–Trinajstić information content (AvgIpc) is 2.71. The molecule has 2 aliphatic heterocycles. The van der Waals surface area contributed by atoms with Gasteiger partial charge in [0.05, 0.1) is 38.8 Å². The van der Waals surface area contributed by atoms with Gasteiger partial charge in [-0.05, 0) is 30.3 Å². The summed E-state index contributed by atoms with van der Waals surface area (Å²) in [4.78, 5) is 6.99. The van der Waals surface area contributed by atoms with E-state index in [2.05, 4.69) is 4.90 Å². The molecule has 0 aliphatic carbocycles. The fourth-order valence-electron chi connectivity index (χ4n) is 3.04. The van der Waals surface area contributed by atoms with E-state index in [4.69, 9.17) is 21.3 Å². The molecule has 1 fully saturated rings. The van der Waals surface area contributed by atoms with Crippen LogP contribution in [0.4, 0.5) is 5.69 Å². The van der Waals surface area contributed by atoms with Crippen LogP contribution in [0.3, 0.4) is 0 Å². The van der Waals surface area contributed by atoms with Crippen molar-refractivity contribution in [3.8, 4) is 11.5 Å². The largest absolute Gasteiger partial charge is 0.633 e. The van der Waals surface area contributed by atoms with Gasteiger partial charge in [-0.3, -0.25) is 0 Å². The Kier molecular flexibility index (Phi) is 3.72. The summed E-state index contributed by atoms with van der Waals surface area (Å²) in [5.74, 6) is 2.27. The zero-order valence-electron chi connectivity index (χ0n) is 13.4. The van der Waals surface area contributed by atoms with Gasteiger partial charge < -0.3 is 19.5 Å². The van der Waals surface area contributed by atoms with Gasteiger partial charge in [0, 0.05) is 5.02 Å². The third-order valence-corrected chi connectivity index (χ3v) is 4.71. The first kappa shape index (κ1) is 15.4. The normalized spacial score (nSPS) is 18.8. The first-order valence-corrected chi connectivity index (χ1v) is 8.36. The molecule has 0 aromatic heterocycles. The highest BCUT2D eigenvalue weighted by molar-refractivity contribution is 6.31. The summed E-state index contributed by atoms with van der Waals surface area (Å²) in [6.07, 6.45) is 0. The summed E-state index contributed by atoms with van der Waals surface area (Å²) in [5, 5.41) is 12.8. The van der Waals surface area contributed by atoms with E-state index >= 15 is 0 Å². The quantitative estimate of drug-likeness (QED) is 0.540. The molecule has 0 atom stereocenters. The lowest BCUT2D eigenvalue weighted by atomic mass is 10.1. The zero-order valence-corrected chi connectivity index (χ0v) is 14.2. The Labute approximate surface area is 145 Å². The van der Waals surface area contributed by atoms with Gasteiger partial charge in [-0.1, -0.05) is 23.7 Å². The smallest absolute Gasteiger partial charge is 0.153 e. The number of amidine groups is 1. The number of hydroxylamine groups is 3. The van der Waals surface area contributed by atoms with Crippen molar-refractivity contribution in [2.75, 3.05) is 33.2 Å². The van der Waals surface area contributed by atoms with Crippen molar-refractivity contribution in [1.82, 2.24) is 4.90 Å². The topological polar surface area (TPSA) is 47.9 Å². The maximum atomic E-state index is 12.1. The molecule has 5 nitrogen and oxygen atoms in total. The predicted molar refractivity (Wildman–Crippen MR) is 95.0 cm³/mol. The number of aliphatic imine (C=N–C) groups is 1. The number of quaternary nitrogens is 1.